The summed E-state index contributed by atoms with van der Waals surface area (Å²) in [6.07, 6.45) is 0.141. The molecule has 1 unspecified atom stereocenters. The van der Waals surface area contributed by atoms with Crippen molar-refractivity contribution in [2.45, 2.75) is 26.0 Å². The monoisotopic (exact) mass is 284 g/mol. The van der Waals surface area contributed by atoms with Crippen LogP contribution in [0.4, 0.5) is 5.69 Å². The first kappa shape index (κ1) is 15.3. The van der Waals surface area contributed by atoms with Crippen LogP contribution >= 0.6 is 0 Å². The van der Waals surface area contributed by atoms with Gasteiger partial charge in [-0.05, 0) is 32.0 Å². The molecule has 1 aromatic carbocycles. The van der Waals surface area contributed by atoms with Gasteiger partial charge in [0.25, 0.3) is 0 Å². The van der Waals surface area contributed by atoms with Crippen LogP contribution in [-0.4, -0.2) is 43.3 Å². The van der Waals surface area contributed by atoms with Crippen molar-refractivity contribution in [2.75, 3.05) is 31.6 Å². The summed E-state index contributed by atoms with van der Waals surface area (Å²) in [6, 6.07) is 9.79. The van der Waals surface area contributed by atoms with Crippen LogP contribution in [0.2, 0.25) is 0 Å². The molecule has 2 rings (SSSR count). The lowest BCUT2D eigenvalue weighted by Gasteiger charge is -2.35. The number of rotatable bonds is 4. The first-order chi connectivity index (χ1) is 10.1. The number of benzene rings is 1. The molecule has 1 aliphatic rings. The second-order valence-corrected chi connectivity index (χ2v) is 5.45. The number of hydrogen-bond acceptors (Lipinski definition) is 5. The number of nitrogens with one attached hydrogen (secondary N) is 1. The largest absolute Gasteiger partial charge is 0.382 e. The van der Waals surface area contributed by atoms with Gasteiger partial charge in [-0.1, -0.05) is 0 Å². The summed E-state index contributed by atoms with van der Waals surface area (Å²) in [7, 11) is 0. The molecule has 0 aromatic heterocycles. The Morgan fingerprint density at radius 3 is 2.76 bits per heavy atom. The third kappa shape index (κ3) is 3.95. The summed E-state index contributed by atoms with van der Waals surface area (Å²) in [5.74, 6) is 0. The van der Waals surface area contributed by atoms with Gasteiger partial charge in [-0.25, -0.2) is 0 Å². The molecular weight excluding hydrogens is 264 g/mol. The number of nitriles is 2. The zero-order chi connectivity index (χ0) is 15.2. The minimum Gasteiger partial charge on any atom is -0.382 e. The van der Waals surface area contributed by atoms with Gasteiger partial charge in [-0.2, -0.15) is 10.5 Å². The fourth-order valence-electron chi connectivity index (χ4n) is 2.41. The van der Waals surface area contributed by atoms with E-state index in [0.29, 0.717) is 23.7 Å². The molecule has 1 N–H and O–H groups in total. The number of anilines is 1. The van der Waals surface area contributed by atoms with Gasteiger partial charge >= 0.3 is 0 Å². The first-order valence-electron chi connectivity index (χ1n) is 7.18. The minimum atomic E-state index is 0.141. The molecule has 0 bridgehead atoms. The van der Waals surface area contributed by atoms with Gasteiger partial charge in [-0.15, -0.1) is 0 Å². The van der Waals surface area contributed by atoms with Gasteiger partial charge in [0, 0.05) is 31.4 Å². The number of morpholine rings is 1. The van der Waals surface area contributed by atoms with Gasteiger partial charge in [0.15, 0.2) is 0 Å². The molecule has 0 spiro atoms. The fraction of sp³-hybridized carbons (Fsp3) is 0.500. The molecule has 110 valence electrons. The van der Waals surface area contributed by atoms with E-state index >= 15 is 0 Å². The van der Waals surface area contributed by atoms with E-state index < -0.39 is 0 Å². The van der Waals surface area contributed by atoms with E-state index in [-0.39, 0.29) is 6.10 Å². The second-order valence-electron chi connectivity index (χ2n) is 5.45. The van der Waals surface area contributed by atoms with Gasteiger partial charge in [0.2, 0.25) is 0 Å². The van der Waals surface area contributed by atoms with E-state index in [1.54, 1.807) is 12.1 Å². The molecule has 21 heavy (non-hydrogen) atoms. The van der Waals surface area contributed by atoms with E-state index in [0.717, 1.165) is 25.4 Å². The Hall–Kier alpha value is -2.08. The van der Waals surface area contributed by atoms with E-state index in [2.05, 4.69) is 24.1 Å². The van der Waals surface area contributed by atoms with E-state index in [9.17, 15) is 0 Å². The van der Waals surface area contributed by atoms with Crippen molar-refractivity contribution in [2.24, 2.45) is 0 Å². The molecule has 0 saturated carbocycles. The maximum atomic E-state index is 9.03. The highest BCUT2D eigenvalue weighted by Gasteiger charge is 2.21. The standard InChI is InChI=1S/C16H20N4O/c1-12(2)20-5-6-21-16(11-20)10-19-15-4-3-13(8-17)14(7-15)9-18/h3-4,7,12,16,19H,5-6,10-11H2,1-2H3. The Bertz CT molecular complexity index is 571. The highest BCUT2D eigenvalue weighted by Crippen LogP contribution is 2.16. The molecular formula is C16H20N4O. The van der Waals surface area contributed by atoms with Crippen LogP contribution in [0.25, 0.3) is 0 Å². The van der Waals surface area contributed by atoms with Crippen LogP contribution in [0.5, 0.6) is 0 Å². The summed E-state index contributed by atoms with van der Waals surface area (Å²) in [4.78, 5) is 2.40. The maximum Gasteiger partial charge on any atom is 0.101 e. The van der Waals surface area contributed by atoms with Crippen LogP contribution < -0.4 is 5.32 Å². The maximum absolute atomic E-state index is 9.03. The summed E-state index contributed by atoms with van der Waals surface area (Å²) < 4.78 is 5.76. The Labute approximate surface area is 125 Å². The lowest BCUT2D eigenvalue weighted by molar-refractivity contribution is -0.0315. The highest BCUT2D eigenvalue weighted by molar-refractivity contribution is 5.56. The summed E-state index contributed by atoms with van der Waals surface area (Å²) in [5, 5.41) is 21.2. The van der Waals surface area contributed by atoms with Gasteiger partial charge < -0.3 is 10.1 Å². The molecule has 0 aliphatic carbocycles. The molecule has 1 fully saturated rings. The number of ether oxygens (including phenoxy) is 1. The van der Waals surface area contributed by atoms with E-state index in [4.69, 9.17) is 15.3 Å². The predicted molar refractivity (Wildman–Crippen MR) is 80.8 cm³/mol. The molecule has 1 saturated heterocycles. The lowest BCUT2D eigenvalue weighted by atomic mass is 10.1. The molecule has 1 atom stereocenters. The average molecular weight is 284 g/mol. The van der Waals surface area contributed by atoms with E-state index in [1.807, 2.05) is 18.2 Å². The zero-order valence-electron chi connectivity index (χ0n) is 12.5. The highest BCUT2D eigenvalue weighted by atomic mass is 16.5. The fourth-order valence-corrected chi connectivity index (χ4v) is 2.41. The van der Waals surface area contributed by atoms with Crippen molar-refractivity contribution < 1.29 is 4.74 Å². The van der Waals surface area contributed by atoms with Crippen LogP contribution in [-0.2, 0) is 4.74 Å². The zero-order valence-corrected chi connectivity index (χ0v) is 12.5. The molecule has 5 nitrogen and oxygen atoms in total. The Balaban J connectivity index is 1.94. The summed E-state index contributed by atoms with van der Waals surface area (Å²) >= 11 is 0. The molecule has 0 radical (unpaired) electrons. The quantitative estimate of drug-likeness (QED) is 0.915. The molecule has 1 heterocycles. The predicted octanol–water partition coefficient (Wildman–Crippen LogP) is 1.95. The number of hydrogen-bond donors (Lipinski definition) is 1. The smallest absolute Gasteiger partial charge is 0.101 e. The van der Waals surface area contributed by atoms with Gasteiger partial charge in [0.05, 0.1) is 23.8 Å². The van der Waals surface area contributed by atoms with Crippen LogP contribution in [0.15, 0.2) is 18.2 Å². The van der Waals surface area contributed by atoms with E-state index in [1.165, 1.54) is 0 Å². The third-order valence-electron chi connectivity index (χ3n) is 3.69. The molecule has 5 heteroatoms. The Morgan fingerprint density at radius 2 is 2.10 bits per heavy atom. The Kier molecular flexibility index (Phi) is 5.16. The second kappa shape index (κ2) is 7.08. The van der Waals surface area contributed by atoms with Crippen LogP contribution in [0, 0.1) is 22.7 Å². The molecule has 1 aliphatic heterocycles. The van der Waals surface area contributed by atoms with Gasteiger partial charge in [0.1, 0.15) is 12.1 Å². The van der Waals surface area contributed by atoms with Crippen molar-refractivity contribution in [1.82, 2.24) is 4.90 Å². The molecule has 1 aromatic rings. The average Bonchev–Trinajstić information content (AvgIpc) is 2.52. The molecule has 0 amide bonds. The summed E-state index contributed by atoms with van der Waals surface area (Å²) in [5.41, 5.74) is 1.65. The summed E-state index contributed by atoms with van der Waals surface area (Å²) in [6.45, 7) is 7.71. The van der Waals surface area contributed by atoms with Crippen molar-refractivity contribution >= 4 is 5.69 Å². The lowest BCUT2D eigenvalue weighted by Crippen LogP contribution is -2.48. The van der Waals surface area contributed by atoms with Gasteiger partial charge in [-0.3, -0.25) is 4.90 Å². The topological polar surface area (TPSA) is 72.1 Å². The van der Waals surface area contributed by atoms with Crippen LogP contribution in [0.3, 0.4) is 0 Å². The SMILES string of the molecule is CC(C)N1CCOC(CNc2ccc(C#N)c(C#N)c2)C1. The van der Waals surface area contributed by atoms with Crippen molar-refractivity contribution in [3.63, 3.8) is 0 Å². The van der Waals surface area contributed by atoms with Crippen molar-refractivity contribution in [3.8, 4) is 12.1 Å². The Morgan fingerprint density at radius 1 is 1.33 bits per heavy atom. The normalized spacial score (nSPS) is 19.0. The number of nitrogens with zero attached hydrogens (tertiary/aromatic N) is 3. The first-order valence-corrected chi connectivity index (χ1v) is 7.18. The van der Waals surface area contributed by atoms with Crippen molar-refractivity contribution in [1.29, 1.82) is 10.5 Å². The third-order valence-corrected chi connectivity index (χ3v) is 3.69. The van der Waals surface area contributed by atoms with Crippen LogP contribution in [0.1, 0.15) is 25.0 Å². The van der Waals surface area contributed by atoms with Crippen molar-refractivity contribution in [3.05, 3.63) is 29.3 Å². The minimum absolute atomic E-state index is 0.141.